The molecule has 2 aromatic rings. The molecule has 1 aromatic carbocycles. The molecular weight excluding hydrogens is 262 g/mol. The zero-order valence-corrected chi connectivity index (χ0v) is 11.6. The standard InChI is InChI=1S/C14H16ClN3O/c1-18(2)13-7-6-11(9-17-13)16-8-10-4-3-5-12(15)14(10)19/h3-7,9,16,19H,8H2,1-2H3. The van der Waals surface area contributed by atoms with E-state index in [2.05, 4.69) is 10.3 Å². The summed E-state index contributed by atoms with van der Waals surface area (Å²) < 4.78 is 0. The molecule has 0 aliphatic carbocycles. The summed E-state index contributed by atoms with van der Waals surface area (Å²) in [4.78, 5) is 6.24. The van der Waals surface area contributed by atoms with Gasteiger partial charge in [0.05, 0.1) is 16.9 Å². The normalized spacial score (nSPS) is 10.3. The van der Waals surface area contributed by atoms with Crippen LogP contribution in [0.5, 0.6) is 5.75 Å². The van der Waals surface area contributed by atoms with Gasteiger partial charge in [0.2, 0.25) is 0 Å². The third-order valence-corrected chi connectivity index (χ3v) is 3.06. The van der Waals surface area contributed by atoms with E-state index >= 15 is 0 Å². The lowest BCUT2D eigenvalue weighted by molar-refractivity contribution is 0.469. The zero-order valence-electron chi connectivity index (χ0n) is 10.9. The fourth-order valence-electron chi connectivity index (χ4n) is 1.66. The molecule has 0 radical (unpaired) electrons. The van der Waals surface area contributed by atoms with Crippen molar-refractivity contribution in [3.05, 3.63) is 47.1 Å². The van der Waals surface area contributed by atoms with E-state index in [0.29, 0.717) is 11.6 Å². The van der Waals surface area contributed by atoms with Crippen LogP contribution in [0.25, 0.3) is 0 Å². The van der Waals surface area contributed by atoms with E-state index in [0.717, 1.165) is 17.1 Å². The summed E-state index contributed by atoms with van der Waals surface area (Å²) in [6.07, 6.45) is 1.76. The third kappa shape index (κ3) is 3.29. The van der Waals surface area contributed by atoms with Crippen LogP contribution < -0.4 is 10.2 Å². The lowest BCUT2D eigenvalue weighted by Crippen LogP contribution is -2.10. The Morgan fingerprint density at radius 3 is 2.68 bits per heavy atom. The van der Waals surface area contributed by atoms with Crippen LogP contribution in [0, 0.1) is 0 Å². The molecule has 0 fully saturated rings. The first-order valence-corrected chi connectivity index (χ1v) is 6.29. The van der Waals surface area contributed by atoms with Crippen LogP contribution in [-0.2, 0) is 6.54 Å². The Labute approximate surface area is 117 Å². The van der Waals surface area contributed by atoms with Gasteiger partial charge in [0.1, 0.15) is 11.6 Å². The van der Waals surface area contributed by atoms with Gasteiger partial charge in [-0.25, -0.2) is 4.98 Å². The van der Waals surface area contributed by atoms with E-state index in [9.17, 15) is 5.11 Å². The first kappa shape index (κ1) is 13.5. The van der Waals surface area contributed by atoms with Crippen molar-refractivity contribution < 1.29 is 5.11 Å². The van der Waals surface area contributed by atoms with Crippen molar-refractivity contribution in [1.82, 2.24) is 4.98 Å². The number of aromatic nitrogens is 1. The van der Waals surface area contributed by atoms with Gasteiger partial charge < -0.3 is 15.3 Å². The van der Waals surface area contributed by atoms with Crippen LogP contribution in [-0.4, -0.2) is 24.2 Å². The van der Waals surface area contributed by atoms with Crippen molar-refractivity contribution in [1.29, 1.82) is 0 Å². The summed E-state index contributed by atoms with van der Waals surface area (Å²) in [7, 11) is 3.89. The fourth-order valence-corrected chi connectivity index (χ4v) is 1.85. The van der Waals surface area contributed by atoms with Crippen molar-refractivity contribution in [3.63, 3.8) is 0 Å². The molecule has 19 heavy (non-hydrogen) atoms. The quantitative estimate of drug-likeness (QED) is 0.901. The number of para-hydroxylation sites is 1. The van der Waals surface area contributed by atoms with Gasteiger partial charge in [-0.05, 0) is 18.2 Å². The smallest absolute Gasteiger partial charge is 0.139 e. The Morgan fingerprint density at radius 2 is 2.05 bits per heavy atom. The van der Waals surface area contributed by atoms with E-state index in [1.165, 1.54) is 0 Å². The molecule has 100 valence electrons. The summed E-state index contributed by atoms with van der Waals surface area (Å²) in [5.74, 6) is 1.02. The lowest BCUT2D eigenvalue weighted by Gasteiger charge is -2.12. The SMILES string of the molecule is CN(C)c1ccc(NCc2cccc(Cl)c2O)cn1. The van der Waals surface area contributed by atoms with Crippen LogP contribution in [0.2, 0.25) is 5.02 Å². The third-order valence-electron chi connectivity index (χ3n) is 2.76. The van der Waals surface area contributed by atoms with Crippen molar-refractivity contribution in [2.45, 2.75) is 6.54 Å². The summed E-state index contributed by atoms with van der Waals surface area (Å²) in [6.45, 7) is 0.495. The molecule has 2 N–H and O–H groups in total. The first-order chi connectivity index (χ1) is 9.08. The Morgan fingerprint density at radius 1 is 1.26 bits per heavy atom. The molecule has 0 saturated carbocycles. The average Bonchev–Trinajstić information content (AvgIpc) is 2.41. The van der Waals surface area contributed by atoms with Crippen LogP contribution in [0.4, 0.5) is 11.5 Å². The minimum atomic E-state index is 0.120. The molecule has 0 unspecified atom stereocenters. The molecule has 0 atom stereocenters. The zero-order chi connectivity index (χ0) is 13.8. The van der Waals surface area contributed by atoms with Crippen LogP contribution >= 0.6 is 11.6 Å². The molecule has 0 aliphatic rings. The molecule has 1 aromatic heterocycles. The van der Waals surface area contributed by atoms with Gasteiger partial charge in [-0.2, -0.15) is 0 Å². The summed E-state index contributed by atoms with van der Waals surface area (Å²) in [5.41, 5.74) is 1.65. The molecule has 4 nitrogen and oxygen atoms in total. The predicted octanol–water partition coefficient (Wildman–Crippen LogP) is 3.12. The molecule has 5 heteroatoms. The number of hydrogen-bond acceptors (Lipinski definition) is 4. The second kappa shape index (κ2) is 5.80. The second-order valence-electron chi connectivity index (χ2n) is 4.40. The van der Waals surface area contributed by atoms with Gasteiger partial charge in [0.25, 0.3) is 0 Å². The second-order valence-corrected chi connectivity index (χ2v) is 4.81. The molecule has 2 rings (SSSR count). The number of benzene rings is 1. The summed E-state index contributed by atoms with van der Waals surface area (Å²) in [5, 5.41) is 13.4. The molecular formula is C14H16ClN3O. The monoisotopic (exact) mass is 277 g/mol. The number of phenols is 1. The average molecular weight is 278 g/mol. The van der Waals surface area contributed by atoms with Gasteiger partial charge in [-0.15, -0.1) is 0 Å². The Bertz CT molecular complexity index is 555. The fraction of sp³-hybridized carbons (Fsp3) is 0.214. The highest BCUT2D eigenvalue weighted by Gasteiger charge is 2.05. The Hall–Kier alpha value is -1.94. The highest BCUT2D eigenvalue weighted by molar-refractivity contribution is 6.32. The first-order valence-electron chi connectivity index (χ1n) is 5.91. The minimum absolute atomic E-state index is 0.120. The van der Waals surface area contributed by atoms with E-state index in [1.807, 2.05) is 43.3 Å². The Kier molecular flexibility index (Phi) is 4.12. The number of rotatable bonds is 4. The number of halogens is 1. The maximum Gasteiger partial charge on any atom is 0.139 e. The maximum atomic E-state index is 9.80. The van der Waals surface area contributed by atoms with Gasteiger partial charge in [0, 0.05) is 26.2 Å². The van der Waals surface area contributed by atoms with E-state index < -0.39 is 0 Å². The van der Waals surface area contributed by atoms with E-state index in [-0.39, 0.29) is 5.75 Å². The number of nitrogens with one attached hydrogen (secondary N) is 1. The van der Waals surface area contributed by atoms with Crippen molar-refractivity contribution in [2.24, 2.45) is 0 Å². The highest BCUT2D eigenvalue weighted by Crippen LogP contribution is 2.27. The minimum Gasteiger partial charge on any atom is -0.506 e. The number of phenolic OH excluding ortho intramolecular Hbond substituents is 1. The number of pyridine rings is 1. The van der Waals surface area contributed by atoms with Crippen LogP contribution in [0.15, 0.2) is 36.5 Å². The number of aromatic hydroxyl groups is 1. The van der Waals surface area contributed by atoms with E-state index in [4.69, 9.17) is 11.6 Å². The molecule has 1 heterocycles. The molecule has 0 saturated heterocycles. The van der Waals surface area contributed by atoms with Crippen LogP contribution in [0.1, 0.15) is 5.56 Å². The van der Waals surface area contributed by atoms with Gasteiger partial charge in [0.15, 0.2) is 0 Å². The van der Waals surface area contributed by atoms with Crippen LogP contribution in [0.3, 0.4) is 0 Å². The maximum absolute atomic E-state index is 9.80. The van der Waals surface area contributed by atoms with Gasteiger partial charge in [-0.1, -0.05) is 23.7 Å². The molecule has 0 spiro atoms. The topological polar surface area (TPSA) is 48.4 Å². The number of anilines is 2. The predicted molar refractivity (Wildman–Crippen MR) is 79.0 cm³/mol. The largest absolute Gasteiger partial charge is 0.506 e. The van der Waals surface area contributed by atoms with E-state index in [1.54, 1.807) is 12.3 Å². The molecule has 0 aliphatic heterocycles. The lowest BCUT2D eigenvalue weighted by atomic mass is 10.2. The molecule has 0 bridgehead atoms. The van der Waals surface area contributed by atoms with Crippen molar-refractivity contribution in [3.8, 4) is 5.75 Å². The number of hydrogen-bond donors (Lipinski definition) is 2. The van der Waals surface area contributed by atoms with Crippen molar-refractivity contribution in [2.75, 3.05) is 24.3 Å². The summed E-state index contributed by atoms with van der Waals surface area (Å²) >= 11 is 5.86. The number of nitrogens with zero attached hydrogens (tertiary/aromatic N) is 2. The van der Waals surface area contributed by atoms with Gasteiger partial charge in [-0.3, -0.25) is 0 Å². The van der Waals surface area contributed by atoms with Crippen molar-refractivity contribution >= 4 is 23.1 Å². The molecule has 0 amide bonds. The Balaban J connectivity index is 2.04. The summed E-state index contributed by atoms with van der Waals surface area (Å²) in [6, 6.07) is 9.18. The van der Waals surface area contributed by atoms with Gasteiger partial charge >= 0.3 is 0 Å². The highest BCUT2D eigenvalue weighted by atomic mass is 35.5.